The summed E-state index contributed by atoms with van der Waals surface area (Å²) < 4.78 is 7.14. The molecule has 0 amide bonds. The molecule has 2 N–H and O–H groups in total. The SMILES string of the molecule is Cc1cccc(-c2nnc(CSc3nnc(-c4ccccc4Cl)n3N)o2)c1. The van der Waals surface area contributed by atoms with Crippen LogP contribution >= 0.6 is 23.4 Å². The van der Waals surface area contributed by atoms with E-state index >= 15 is 0 Å². The summed E-state index contributed by atoms with van der Waals surface area (Å²) in [6.07, 6.45) is 0. The van der Waals surface area contributed by atoms with Crippen molar-refractivity contribution in [2.75, 3.05) is 5.84 Å². The Kier molecular flexibility index (Phi) is 4.83. The first-order valence-corrected chi connectivity index (χ1v) is 9.46. The van der Waals surface area contributed by atoms with Gasteiger partial charge in [-0.15, -0.1) is 20.4 Å². The monoisotopic (exact) mass is 398 g/mol. The Labute approximate surface area is 164 Å². The van der Waals surface area contributed by atoms with Crippen molar-refractivity contribution in [3.05, 3.63) is 65.0 Å². The van der Waals surface area contributed by atoms with Crippen molar-refractivity contribution in [2.24, 2.45) is 0 Å². The molecular weight excluding hydrogens is 384 g/mol. The molecule has 0 saturated heterocycles. The van der Waals surface area contributed by atoms with E-state index in [1.807, 2.05) is 49.4 Å². The highest BCUT2D eigenvalue weighted by atomic mass is 35.5. The summed E-state index contributed by atoms with van der Waals surface area (Å²) in [4.78, 5) is 0. The Morgan fingerprint density at radius 1 is 1.07 bits per heavy atom. The van der Waals surface area contributed by atoms with Gasteiger partial charge in [-0.3, -0.25) is 0 Å². The lowest BCUT2D eigenvalue weighted by Crippen LogP contribution is -2.11. The summed E-state index contributed by atoms with van der Waals surface area (Å²) in [6.45, 7) is 2.02. The fraction of sp³-hybridized carbons (Fsp3) is 0.111. The molecule has 136 valence electrons. The van der Waals surface area contributed by atoms with E-state index in [0.717, 1.165) is 16.7 Å². The van der Waals surface area contributed by atoms with Crippen LogP contribution in [0.2, 0.25) is 5.02 Å². The number of nitrogens with zero attached hydrogens (tertiary/aromatic N) is 5. The number of halogens is 1. The van der Waals surface area contributed by atoms with E-state index in [9.17, 15) is 0 Å². The first-order valence-electron chi connectivity index (χ1n) is 8.09. The van der Waals surface area contributed by atoms with Gasteiger partial charge in [-0.05, 0) is 31.2 Å². The highest BCUT2D eigenvalue weighted by Gasteiger charge is 2.16. The van der Waals surface area contributed by atoms with Gasteiger partial charge in [0.1, 0.15) is 0 Å². The van der Waals surface area contributed by atoms with Gasteiger partial charge in [0.15, 0.2) is 5.82 Å². The third kappa shape index (κ3) is 3.67. The van der Waals surface area contributed by atoms with Crippen LogP contribution in [-0.4, -0.2) is 25.1 Å². The van der Waals surface area contributed by atoms with E-state index < -0.39 is 0 Å². The van der Waals surface area contributed by atoms with Crippen LogP contribution in [0.4, 0.5) is 0 Å². The lowest BCUT2D eigenvalue weighted by atomic mass is 10.1. The van der Waals surface area contributed by atoms with Crippen LogP contribution in [0.3, 0.4) is 0 Å². The molecule has 0 radical (unpaired) electrons. The lowest BCUT2D eigenvalue weighted by molar-refractivity contribution is 0.528. The molecule has 4 aromatic rings. The maximum atomic E-state index is 6.21. The zero-order valence-corrected chi connectivity index (χ0v) is 15.9. The summed E-state index contributed by atoms with van der Waals surface area (Å²) in [7, 11) is 0. The van der Waals surface area contributed by atoms with Gasteiger partial charge in [0.05, 0.1) is 10.8 Å². The summed E-state index contributed by atoms with van der Waals surface area (Å²) in [5.41, 5.74) is 2.74. The number of nitrogens with two attached hydrogens (primary N) is 1. The molecule has 2 aromatic heterocycles. The van der Waals surface area contributed by atoms with Gasteiger partial charge in [0.2, 0.25) is 16.9 Å². The molecule has 27 heavy (non-hydrogen) atoms. The molecule has 0 unspecified atom stereocenters. The molecule has 0 spiro atoms. The number of rotatable bonds is 5. The number of hydrogen-bond acceptors (Lipinski definition) is 7. The van der Waals surface area contributed by atoms with E-state index in [-0.39, 0.29) is 0 Å². The molecule has 0 aliphatic carbocycles. The first-order chi connectivity index (χ1) is 13.1. The van der Waals surface area contributed by atoms with Gasteiger partial charge in [-0.1, -0.05) is 53.2 Å². The molecule has 0 aliphatic heterocycles. The van der Waals surface area contributed by atoms with Crippen LogP contribution in [0.5, 0.6) is 0 Å². The average Bonchev–Trinajstić information content (AvgIpc) is 3.28. The fourth-order valence-corrected chi connectivity index (χ4v) is 3.45. The Morgan fingerprint density at radius 3 is 2.74 bits per heavy atom. The predicted molar refractivity (Wildman–Crippen MR) is 105 cm³/mol. The number of hydrogen-bond donors (Lipinski definition) is 1. The van der Waals surface area contributed by atoms with E-state index in [1.165, 1.54) is 16.4 Å². The Morgan fingerprint density at radius 2 is 1.93 bits per heavy atom. The standard InChI is InChI=1S/C18H15ClN6OS/c1-11-5-4-6-12(9-11)17-23-21-15(26-17)10-27-18-24-22-16(25(18)20)13-7-2-3-8-14(13)19/h2-9H,10,20H2,1H3. The third-order valence-electron chi connectivity index (χ3n) is 3.84. The number of aromatic nitrogens is 5. The van der Waals surface area contributed by atoms with Crippen molar-refractivity contribution >= 4 is 23.4 Å². The first kappa shape index (κ1) is 17.6. The molecule has 0 aliphatic rings. The van der Waals surface area contributed by atoms with Crippen molar-refractivity contribution in [1.82, 2.24) is 25.1 Å². The van der Waals surface area contributed by atoms with Gasteiger partial charge in [-0.25, -0.2) is 4.68 Å². The van der Waals surface area contributed by atoms with Gasteiger partial charge < -0.3 is 10.3 Å². The van der Waals surface area contributed by atoms with Gasteiger partial charge in [-0.2, -0.15) is 0 Å². The highest BCUT2D eigenvalue weighted by Crippen LogP contribution is 2.29. The van der Waals surface area contributed by atoms with Crippen molar-refractivity contribution in [3.8, 4) is 22.8 Å². The highest BCUT2D eigenvalue weighted by molar-refractivity contribution is 7.98. The topological polar surface area (TPSA) is 95.7 Å². The van der Waals surface area contributed by atoms with Crippen LogP contribution in [0.15, 0.2) is 58.1 Å². The number of nitrogen functional groups attached to an aromatic ring is 1. The second-order valence-corrected chi connectivity index (χ2v) is 7.16. The van der Waals surface area contributed by atoms with Crippen LogP contribution in [0.1, 0.15) is 11.5 Å². The van der Waals surface area contributed by atoms with Gasteiger partial charge in [0, 0.05) is 11.1 Å². The van der Waals surface area contributed by atoms with Crippen LogP contribution in [0.25, 0.3) is 22.8 Å². The molecule has 0 saturated carbocycles. The zero-order valence-electron chi connectivity index (χ0n) is 14.3. The van der Waals surface area contributed by atoms with Crippen molar-refractivity contribution in [2.45, 2.75) is 17.8 Å². The number of thioether (sulfide) groups is 1. The van der Waals surface area contributed by atoms with Gasteiger partial charge >= 0.3 is 0 Å². The molecule has 2 heterocycles. The molecule has 0 atom stereocenters. The summed E-state index contributed by atoms with van der Waals surface area (Å²) >= 11 is 7.57. The van der Waals surface area contributed by atoms with Crippen molar-refractivity contribution in [3.63, 3.8) is 0 Å². The van der Waals surface area contributed by atoms with Gasteiger partial charge in [0.25, 0.3) is 0 Å². The quantitative estimate of drug-likeness (QED) is 0.401. The fourth-order valence-electron chi connectivity index (χ4n) is 2.53. The van der Waals surface area contributed by atoms with E-state index in [2.05, 4.69) is 20.4 Å². The molecule has 0 bridgehead atoms. The predicted octanol–water partition coefficient (Wildman–Crippen LogP) is 3.96. The van der Waals surface area contributed by atoms with E-state index in [0.29, 0.717) is 33.5 Å². The molecule has 9 heteroatoms. The summed E-state index contributed by atoms with van der Waals surface area (Å²) in [5, 5.41) is 17.6. The molecule has 2 aromatic carbocycles. The minimum Gasteiger partial charge on any atom is -0.420 e. The normalized spacial score (nSPS) is 11.0. The van der Waals surface area contributed by atoms with E-state index in [1.54, 1.807) is 6.07 Å². The summed E-state index contributed by atoms with van der Waals surface area (Å²) in [6, 6.07) is 15.2. The molecule has 7 nitrogen and oxygen atoms in total. The maximum absolute atomic E-state index is 6.21. The molecule has 4 rings (SSSR count). The minimum absolute atomic E-state index is 0.427. The van der Waals surface area contributed by atoms with Crippen molar-refractivity contribution in [1.29, 1.82) is 0 Å². The zero-order chi connectivity index (χ0) is 18.8. The lowest BCUT2D eigenvalue weighted by Gasteiger charge is -2.04. The maximum Gasteiger partial charge on any atom is 0.247 e. The van der Waals surface area contributed by atoms with Crippen molar-refractivity contribution < 1.29 is 4.42 Å². The number of aryl methyl sites for hydroxylation is 1. The Hall–Kier alpha value is -2.84. The second kappa shape index (κ2) is 7.42. The number of benzene rings is 2. The van der Waals surface area contributed by atoms with Crippen LogP contribution < -0.4 is 5.84 Å². The Bertz CT molecular complexity index is 1090. The van der Waals surface area contributed by atoms with E-state index in [4.69, 9.17) is 21.9 Å². The average molecular weight is 399 g/mol. The smallest absolute Gasteiger partial charge is 0.247 e. The second-order valence-electron chi connectivity index (χ2n) is 5.82. The third-order valence-corrected chi connectivity index (χ3v) is 5.09. The minimum atomic E-state index is 0.427. The van der Waals surface area contributed by atoms with Crippen LogP contribution in [-0.2, 0) is 5.75 Å². The van der Waals surface area contributed by atoms with Crippen LogP contribution in [0, 0.1) is 6.92 Å². The largest absolute Gasteiger partial charge is 0.420 e. The summed E-state index contributed by atoms with van der Waals surface area (Å²) in [5.74, 6) is 8.02. The molecular formula is C18H15ClN6OS. The Balaban J connectivity index is 1.50. The molecule has 0 fully saturated rings.